The molecule has 1 saturated heterocycles. The van der Waals surface area contributed by atoms with E-state index in [1.54, 1.807) is 0 Å². The fraction of sp³-hybridized carbons (Fsp3) is 0.692. The van der Waals surface area contributed by atoms with E-state index in [9.17, 15) is 4.79 Å². The van der Waals surface area contributed by atoms with Gasteiger partial charge in [-0.15, -0.1) is 0 Å². The molecule has 0 aromatic carbocycles. The summed E-state index contributed by atoms with van der Waals surface area (Å²) in [5.74, 6) is 0.485. The van der Waals surface area contributed by atoms with Crippen molar-refractivity contribution in [2.24, 2.45) is 0 Å². The van der Waals surface area contributed by atoms with Crippen molar-refractivity contribution in [2.45, 2.75) is 45.1 Å². The molecular formula is C13H20N2O3. The van der Waals surface area contributed by atoms with Crippen molar-refractivity contribution in [3.63, 3.8) is 0 Å². The van der Waals surface area contributed by atoms with Gasteiger partial charge >= 0.3 is 5.97 Å². The molecule has 0 unspecified atom stereocenters. The third-order valence-corrected chi connectivity index (χ3v) is 3.44. The number of carboxylic acid groups (broad SMARTS) is 1. The molecule has 1 N–H and O–H groups in total. The lowest BCUT2D eigenvalue weighted by atomic mass is 10.1. The summed E-state index contributed by atoms with van der Waals surface area (Å²) >= 11 is 0. The summed E-state index contributed by atoms with van der Waals surface area (Å²) < 4.78 is 5.41. The molecule has 1 aliphatic rings. The van der Waals surface area contributed by atoms with Crippen molar-refractivity contribution in [3.05, 3.63) is 17.5 Å². The van der Waals surface area contributed by atoms with Crippen molar-refractivity contribution in [1.82, 2.24) is 10.1 Å². The first kappa shape index (κ1) is 13.1. The third kappa shape index (κ3) is 2.90. The Morgan fingerprint density at radius 1 is 1.67 bits per heavy atom. The number of rotatable bonds is 5. The summed E-state index contributed by atoms with van der Waals surface area (Å²) in [6.07, 6.45) is 2.29. The van der Waals surface area contributed by atoms with Gasteiger partial charge in [-0.2, -0.15) is 0 Å². The molecule has 0 bridgehead atoms. The summed E-state index contributed by atoms with van der Waals surface area (Å²) in [7, 11) is 0. The minimum atomic E-state index is -0.749. The average molecular weight is 252 g/mol. The number of aliphatic carboxylic acids is 1. The minimum absolute atomic E-state index is 0.182. The number of carboxylic acids is 1. The van der Waals surface area contributed by atoms with Crippen molar-refractivity contribution in [3.8, 4) is 0 Å². The van der Waals surface area contributed by atoms with Gasteiger partial charge in [-0.05, 0) is 25.3 Å². The Morgan fingerprint density at radius 3 is 3.06 bits per heavy atom. The van der Waals surface area contributed by atoms with Crippen LogP contribution in [-0.4, -0.2) is 34.2 Å². The van der Waals surface area contributed by atoms with Crippen LogP contribution in [0.15, 0.2) is 10.6 Å². The number of carbonyl (C=O) groups is 1. The van der Waals surface area contributed by atoms with Crippen LogP contribution in [0, 0.1) is 0 Å². The molecule has 1 aromatic rings. The smallest absolute Gasteiger partial charge is 0.304 e. The van der Waals surface area contributed by atoms with Crippen LogP contribution in [0.2, 0.25) is 0 Å². The van der Waals surface area contributed by atoms with E-state index in [0.29, 0.717) is 12.5 Å². The average Bonchev–Trinajstić information content (AvgIpc) is 2.94. The fourth-order valence-electron chi connectivity index (χ4n) is 2.39. The van der Waals surface area contributed by atoms with E-state index >= 15 is 0 Å². The normalized spacial score (nSPS) is 20.7. The van der Waals surface area contributed by atoms with Crippen LogP contribution >= 0.6 is 0 Å². The minimum Gasteiger partial charge on any atom is -0.481 e. The Hall–Kier alpha value is -1.36. The molecule has 0 radical (unpaired) electrons. The van der Waals surface area contributed by atoms with Crippen molar-refractivity contribution < 1.29 is 14.4 Å². The van der Waals surface area contributed by atoms with E-state index in [1.165, 1.54) is 0 Å². The van der Waals surface area contributed by atoms with E-state index in [-0.39, 0.29) is 12.5 Å². The monoisotopic (exact) mass is 252 g/mol. The van der Waals surface area contributed by atoms with Crippen molar-refractivity contribution >= 4 is 5.97 Å². The standard InChI is InChI=1S/C13H20N2O3/c1-9(2)10-8-12(18-14-10)11-4-3-6-15(11)7-5-13(16)17/h8-9,11H,3-7H2,1-2H3,(H,16,17)/t11-/m0/s1. The molecule has 1 aliphatic heterocycles. The lowest BCUT2D eigenvalue weighted by molar-refractivity contribution is -0.137. The number of nitrogens with zero attached hydrogens (tertiary/aromatic N) is 2. The highest BCUT2D eigenvalue weighted by Gasteiger charge is 2.29. The largest absolute Gasteiger partial charge is 0.481 e. The summed E-state index contributed by atoms with van der Waals surface area (Å²) in [6.45, 7) is 5.68. The summed E-state index contributed by atoms with van der Waals surface area (Å²) in [5.41, 5.74) is 0.968. The Morgan fingerprint density at radius 2 is 2.44 bits per heavy atom. The van der Waals surface area contributed by atoms with Crippen molar-refractivity contribution in [1.29, 1.82) is 0 Å². The number of hydrogen-bond donors (Lipinski definition) is 1. The molecule has 5 nitrogen and oxygen atoms in total. The zero-order chi connectivity index (χ0) is 13.1. The van der Waals surface area contributed by atoms with Crippen LogP contribution in [0.5, 0.6) is 0 Å². The number of hydrogen-bond acceptors (Lipinski definition) is 4. The molecule has 1 atom stereocenters. The van der Waals surface area contributed by atoms with E-state index in [0.717, 1.165) is 30.8 Å². The molecular weight excluding hydrogens is 232 g/mol. The number of likely N-dealkylation sites (tertiary alicyclic amines) is 1. The first-order valence-corrected chi connectivity index (χ1v) is 6.50. The van der Waals surface area contributed by atoms with Crippen LogP contribution < -0.4 is 0 Å². The molecule has 100 valence electrons. The Labute approximate surface area is 107 Å². The van der Waals surface area contributed by atoms with Crippen LogP contribution in [0.25, 0.3) is 0 Å². The maximum Gasteiger partial charge on any atom is 0.304 e. The highest BCUT2D eigenvalue weighted by Crippen LogP contribution is 2.33. The van der Waals surface area contributed by atoms with Gasteiger partial charge in [-0.25, -0.2) is 0 Å². The molecule has 0 saturated carbocycles. The van der Waals surface area contributed by atoms with Gasteiger partial charge in [0.2, 0.25) is 0 Å². The SMILES string of the molecule is CC(C)c1cc([C@@H]2CCCN2CCC(=O)O)on1. The van der Waals surface area contributed by atoms with Crippen LogP contribution in [0.4, 0.5) is 0 Å². The predicted molar refractivity (Wildman–Crippen MR) is 66.4 cm³/mol. The zero-order valence-electron chi connectivity index (χ0n) is 10.9. The Bertz CT molecular complexity index is 414. The van der Waals surface area contributed by atoms with Gasteiger partial charge in [0, 0.05) is 12.6 Å². The second-order valence-electron chi connectivity index (χ2n) is 5.15. The van der Waals surface area contributed by atoms with Gasteiger partial charge in [-0.3, -0.25) is 9.69 Å². The third-order valence-electron chi connectivity index (χ3n) is 3.44. The summed E-state index contributed by atoms with van der Waals surface area (Å²) in [5, 5.41) is 12.8. The van der Waals surface area contributed by atoms with Gasteiger partial charge in [-0.1, -0.05) is 19.0 Å². The first-order chi connectivity index (χ1) is 8.58. The molecule has 1 aromatic heterocycles. The van der Waals surface area contributed by atoms with E-state index in [1.807, 2.05) is 6.07 Å². The van der Waals surface area contributed by atoms with E-state index in [4.69, 9.17) is 9.63 Å². The summed E-state index contributed by atoms with van der Waals surface area (Å²) in [4.78, 5) is 12.8. The fourth-order valence-corrected chi connectivity index (χ4v) is 2.39. The molecule has 2 rings (SSSR count). The molecule has 0 amide bonds. The number of aromatic nitrogens is 1. The maximum atomic E-state index is 10.6. The molecule has 0 aliphatic carbocycles. The second-order valence-corrected chi connectivity index (χ2v) is 5.15. The first-order valence-electron chi connectivity index (χ1n) is 6.50. The summed E-state index contributed by atoms with van der Waals surface area (Å²) in [6, 6.07) is 2.21. The van der Waals surface area contributed by atoms with Gasteiger partial charge in [0.25, 0.3) is 0 Å². The van der Waals surface area contributed by atoms with Gasteiger partial charge in [0.15, 0.2) is 5.76 Å². The Balaban J connectivity index is 2.03. The van der Waals surface area contributed by atoms with Gasteiger partial charge in [0.1, 0.15) is 0 Å². The van der Waals surface area contributed by atoms with Gasteiger partial charge in [0.05, 0.1) is 18.2 Å². The topological polar surface area (TPSA) is 66.6 Å². The van der Waals surface area contributed by atoms with E-state index < -0.39 is 5.97 Å². The van der Waals surface area contributed by atoms with E-state index in [2.05, 4.69) is 23.9 Å². The zero-order valence-corrected chi connectivity index (χ0v) is 10.9. The van der Waals surface area contributed by atoms with Crippen LogP contribution in [0.1, 0.15) is 56.5 Å². The molecule has 5 heteroatoms. The maximum absolute atomic E-state index is 10.6. The van der Waals surface area contributed by atoms with Gasteiger partial charge < -0.3 is 9.63 Å². The van der Waals surface area contributed by atoms with Crippen LogP contribution in [0.3, 0.4) is 0 Å². The Kier molecular flexibility index (Phi) is 4.01. The second kappa shape index (κ2) is 5.52. The lowest BCUT2D eigenvalue weighted by Gasteiger charge is -2.21. The predicted octanol–water partition coefficient (Wildman–Crippen LogP) is 2.41. The molecule has 0 spiro atoms. The highest BCUT2D eigenvalue weighted by molar-refractivity contribution is 5.66. The quantitative estimate of drug-likeness (QED) is 0.871. The molecule has 18 heavy (non-hydrogen) atoms. The lowest BCUT2D eigenvalue weighted by Crippen LogP contribution is -2.25. The van der Waals surface area contributed by atoms with Crippen LogP contribution in [-0.2, 0) is 4.79 Å². The molecule has 2 heterocycles. The van der Waals surface area contributed by atoms with Crippen molar-refractivity contribution in [2.75, 3.05) is 13.1 Å². The molecule has 1 fully saturated rings. The highest BCUT2D eigenvalue weighted by atomic mass is 16.5.